The van der Waals surface area contributed by atoms with E-state index in [0.717, 1.165) is 12.7 Å². The quantitative estimate of drug-likeness (QED) is 0.385. The fourth-order valence-corrected chi connectivity index (χ4v) is 4.94. The summed E-state index contributed by atoms with van der Waals surface area (Å²) in [5.41, 5.74) is 0. The van der Waals surface area contributed by atoms with Crippen LogP contribution in [0.4, 0.5) is 0 Å². The van der Waals surface area contributed by atoms with Gasteiger partial charge in [0.1, 0.15) is 6.29 Å². The molecular formula is C19H42O3Si2. The normalized spacial score (nSPS) is 18.2. The Labute approximate surface area is 153 Å². The summed E-state index contributed by atoms with van der Waals surface area (Å²) in [6.07, 6.45) is 1.83. The molecular weight excluding hydrogens is 332 g/mol. The number of carbonyl (C=O) groups is 1. The number of aldehydes is 1. The monoisotopic (exact) mass is 374 g/mol. The van der Waals surface area contributed by atoms with Gasteiger partial charge >= 0.3 is 0 Å². The van der Waals surface area contributed by atoms with Crippen LogP contribution in [0.3, 0.4) is 0 Å². The van der Waals surface area contributed by atoms with Crippen molar-refractivity contribution in [3.05, 3.63) is 0 Å². The predicted molar refractivity (Wildman–Crippen MR) is 110 cm³/mol. The second-order valence-electron chi connectivity index (χ2n) is 10.3. The number of carbonyl (C=O) groups excluding carboxylic acids is 1. The Kier molecular flexibility index (Phi) is 8.16. The van der Waals surface area contributed by atoms with Gasteiger partial charge in [0.15, 0.2) is 16.6 Å². The van der Waals surface area contributed by atoms with Crippen LogP contribution in [0.2, 0.25) is 36.3 Å². The number of hydrogen-bond donors (Lipinski definition) is 0. The van der Waals surface area contributed by atoms with Gasteiger partial charge in [-0.2, -0.15) is 0 Å². The van der Waals surface area contributed by atoms with Gasteiger partial charge in [-0.05, 0) is 49.6 Å². The van der Waals surface area contributed by atoms with E-state index in [9.17, 15) is 4.79 Å². The molecule has 0 amide bonds. The van der Waals surface area contributed by atoms with Crippen molar-refractivity contribution in [2.45, 2.75) is 110 Å². The summed E-state index contributed by atoms with van der Waals surface area (Å²) in [5, 5.41) is 0.324. The van der Waals surface area contributed by atoms with E-state index in [1.54, 1.807) is 0 Å². The Bertz CT molecular complexity index is 406. The second kappa shape index (κ2) is 8.15. The van der Waals surface area contributed by atoms with Crippen molar-refractivity contribution < 1.29 is 13.6 Å². The first-order valence-corrected chi connectivity index (χ1v) is 15.1. The zero-order chi connectivity index (χ0) is 19.6. The third kappa shape index (κ3) is 6.73. The van der Waals surface area contributed by atoms with Crippen LogP contribution in [-0.4, -0.2) is 35.1 Å². The van der Waals surface area contributed by atoms with Gasteiger partial charge in [-0.25, -0.2) is 0 Å². The Hall–Kier alpha value is 0.0238. The molecule has 0 aliphatic heterocycles. The lowest BCUT2D eigenvalue weighted by molar-refractivity contribution is -0.113. The summed E-state index contributed by atoms with van der Waals surface area (Å²) >= 11 is 0. The molecule has 0 N–H and O–H groups in total. The van der Waals surface area contributed by atoms with Crippen LogP contribution in [0, 0.1) is 5.92 Å². The molecule has 0 saturated heterocycles. The highest BCUT2D eigenvalue weighted by Gasteiger charge is 2.42. The molecule has 0 bridgehead atoms. The summed E-state index contributed by atoms with van der Waals surface area (Å²) < 4.78 is 13.1. The standard InChI is InChI=1S/C19H42O3Si2/c1-15(14-20)17(22-24(11,12)19(6,7)8)13-16(2)21-23(9,10)18(3,4)5/h14-17H,13H2,1-12H3/t15-,16-,17-/m1/s1. The van der Waals surface area contributed by atoms with Crippen molar-refractivity contribution in [3.8, 4) is 0 Å². The lowest BCUT2D eigenvalue weighted by atomic mass is 10.0. The van der Waals surface area contributed by atoms with Gasteiger partial charge in [0.2, 0.25) is 0 Å². The molecule has 144 valence electrons. The van der Waals surface area contributed by atoms with E-state index in [0.29, 0.717) is 0 Å². The van der Waals surface area contributed by atoms with Crippen molar-refractivity contribution in [1.29, 1.82) is 0 Å². The lowest BCUT2D eigenvalue weighted by Crippen LogP contribution is -2.48. The summed E-state index contributed by atoms with van der Waals surface area (Å²) in [6.45, 7) is 26.6. The molecule has 0 heterocycles. The third-order valence-electron chi connectivity index (χ3n) is 5.92. The topological polar surface area (TPSA) is 35.5 Å². The van der Waals surface area contributed by atoms with E-state index < -0.39 is 16.6 Å². The second-order valence-corrected chi connectivity index (χ2v) is 19.8. The van der Waals surface area contributed by atoms with Crippen LogP contribution in [-0.2, 0) is 13.6 Å². The Balaban J connectivity index is 5.15. The SMILES string of the molecule is C[C@H](C[C@@H](O[Si](C)(C)C(C)(C)C)[C@H](C)C=O)O[Si](C)(C)C(C)(C)C. The molecule has 0 unspecified atom stereocenters. The molecule has 0 fully saturated rings. The summed E-state index contributed by atoms with van der Waals surface area (Å²) in [7, 11) is -3.72. The van der Waals surface area contributed by atoms with Crippen LogP contribution in [0.1, 0.15) is 61.8 Å². The van der Waals surface area contributed by atoms with Gasteiger partial charge in [-0.3, -0.25) is 0 Å². The van der Waals surface area contributed by atoms with Gasteiger partial charge < -0.3 is 13.6 Å². The van der Waals surface area contributed by atoms with E-state index in [4.69, 9.17) is 8.85 Å². The van der Waals surface area contributed by atoms with Crippen molar-refractivity contribution in [2.75, 3.05) is 0 Å². The molecule has 0 aromatic carbocycles. The summed E-state index contributed by atoms with van der Waals surface area (Å²) in [6, 6.07) is 0. The van der Waals surface area contributed by atoms with E-state index in [-0.39, 0.29) is 28.2 Å². The zero-order valence-electron chi connectivity index (χ0n) is 18.2. The molecule has 0 rings (SSSR count). The molecule has 0 saturated carbocycles. The first kappa shape index (κ1) is 24.0. The fourth-order valence-electron chi connectivity index (χ4n) is 2.07. The van der Waals surface area contributed by atoms with Gasteiger partial charge in [0.05, 0.1) is 6.10 Å². The predicted octanol–water partition coefficient (Wildman–Crippen LogP) is 6.01. The van der Waals surface area contributed by atoms with Crippen molar-refractivity contribution in [2.24, 2.45) is 5.92 Å². The molecule has 0 radical (unpaired) electrons. The highest BCUT2D eigenvalue weighted by atomic mass is 28.4. The molecule has 3 nitrogen and oxygen atoms in total. The maximum Gasteiger partial charge on any atom is 0.192 e. The van der Waals surface area contributed by atoms with E-state index in [1.807, 2.05) is 6.92 Å². The minimum absolute atomic E-state index is 0.0665. The zero-order valence-corrected chi connectivity index (χ0v) is 20.2. The average molecular weight is 375 g/mol. The highest BCUT2D eigenvalue weighted by Crippen LogP contribution is 2.40. The molecule has 0 spiro atoms. The van der Waals surface area contributed by atoms with E-state index in [1.165, 1.54) is 0 Å². The van der Waals surface area contributed by atoms with Crippen LogP contribution in [0.25, 0.3) is 0 Å². The fraction of sp³-hybridized carbons (Fsp3) is 0.947. The minimum atomic E-state index is -1.91. The lowest BCUT2D eigenvalue weighted by Gasteiger charge is -2.42. The molecule has 3 atom stereocenters. The van der Waals surface area contributed by atoms with Gasteiger partial charge in [-0.15, -0.1) is 0 Å². The largest absolute Gasteiger partial charge is 0.414 e. The van der Waals surface area contributed by atoms with Gasteiger partial charge in [0.25, 0.3) is 0 Å². The number of rotatable bonds is 8. The van der Waals surface area contributed by atoms with Crippen molar-refractivity contribution >= 4 is 22.9 Å². The molecule has 5 heteroatoms. The van der Waals surface area contributed by atoms with E-state index >= 15 is 0 Å². The first-order chi connectivity index (χ1) is 10.4. The number of hydrogen-bond acceptors (Lipinski definition) is 3. The molecule has 0 aromatic rings. The highest BCUT2D eigenvalue weighted by molar-refractivity contribution is 6.74. The smallest absolute Gasteiger partial charge is 0.192 e. The van der Waals surface area contributed by atoms with Crippen LogP contribution >= 0.6 is 0 Å². The Morgan fingerprint density at radius 3 is 1.54 bits per heavy atom. The molecule has 0 aliphatic rings. The maximum atomic E-state index is 11.4. The average Bonchev–Trinajstić information content (AvgIpc) is 2.33. The molecule has 24 heavy (non-hydrogen) atoms. The minimum Gasteiger partial charge on any atom is -0.414 e. The summed E-state index contributed by atoms with van der Waals surface area (Å²) in [5.74, 6) is -0.107. The van der Waals surface area contributed by atoms with Gasteiger partial charge in [-0.1, -0.05) is 48.5 Å². The van der Waals surface area contributed by atoms with Crippen molar-refractivity contribution in [1.82, 2.24) is 0 Å². The van der Waals surface area contributed by atoms with Crippen LogP contribution in [0.15, 0.2) is 0 Å². The van der Waals surface area contributed by atoms with Crippen LogP contribution < -0.4 is 0 Å². The van der Waals surface area contributed by atoms with Gasteiger partial charge in [0, 0.05) is 12.0 Å². The summed E-state index contributed by atoms with van der Waals surface area (Å²) in [4.78, 5) is 11.4. The molecule has 0 aromatic heterocycles. The van der Waals surface area contributed by atoms with E-state index in [2.05, 4.69) is 74.7 Å². The van der Waals surface area contributed by atoms with Crippen molar-refractivity contribution in [3.63, 3.8) is 0 Å². The third-order valence-corrected chi connectivity index (χ3v) is 15.0. The first-order valence-electron chi connectivity index (χ1n) is 9.25. The molecule has 0 aliphatic carbocycles. The van der Waals surface area contributed by atoms with Crippen LogP contribution in [0.5, 0.6) is 0 Å². The Morgan fingerprint density at radius 2 is 1.21 bits per heavy atom. The Morgan fingerprint density at radius 1 is 0.833 bits per heavy atom. The maximum absolute atomic E-state index is 11.4.